The van der Waals surface area contributed by atoms with E-state index < -0.39 is 5.97 Å². The van der Waals surface area contributed by atoms with E-state index in [0.717, 1.165) is 37.2 Å². The first-order valence-corrected chi connectivity index (χ1v) is 8.94. The van der Waals surface area contributed by atoms with Gasteiger partial charge in [-0.1, -0.05) is 0 Å². The maximum absolute atomic E-state index is 11.6. The molecule has 0 aliphatic carbocycles. The van der Waals surface area contributed by atoms with Gasteiger partial charge in [0.1, 0.15) is 11.3 Å². The summed E-state index contributed by atoms with van der Waals surface area (Å²) in [6, 6.07) is 3.44. The maximum Gasteiger partial charge on any atom is 0.339 e. The van der Waals surface area contributed by atoms with Gasteiger partial charge in [-0.2, -0.15) is 0 Å². The van der Waals surface area contributed by atoms with E-state index in [1.165, 1.54) is 0 Å². The molecule has 0 atom stereocenters. The van der Waals surface area contributed by atoms with Gasteiger partial charge in [0.15, 0.2) is 0 Å². The second kappa shape index (κ2) is 9.43. The zero-order valence-electron chi connectivity index (χ0n) is 15.8. The minimum Gasteiger partial charge on any atom is -0.492 e. The molecule has 1 aromatic carbocycles. The zero-order chi connectivity index (χ0) is 19.1. The third-order valence-corrected chi connectivity index (χ3v) is 4.66. The predicted molar refractivity (Wildman–Crippen MR) is 99.2 cm³/mol. The van der Waals surface area contributed by atoms with E-state index in [9.17, 15) is 14.7 Å². The first-order chi connectivity index (χ1) is 12.5. The van der Waals surface area contributed by atoms with E-state index in [0.29, 0.717) is 32.1 Å². The van der Waals surface area contributed by atoms with Gasteiger partial charge in [-0.25, -0.2) is 4.79 Å². The lowest BCUT2D eigenvalue weighted by Gasteiger charge is -2.36. The van der Waals surface area contributed by atoms with Crippen molar-refractivity contribution < 1.29 is 24.2 Å². The second-order valence-electron chi connectivity index (χ2n) is 6.43. The molecule has 2 rings (SSSR count). The average molecular weight is 364 g/mol. The van der Waals surface area contributed by atoms with Crippen LogP contribution in [0.25, 0.3) is 0 Å². The molecule has 26 heavy (non-hydrogen) atoms. The highest BCUT2D eigenvalue weighted by Gasteiger charge is 2.23. The van der Waals surface area contributed by atoms with E-state index in [1.54, 1.807) is 20.1 Å². The van der Waals surface area contributed by atoms with Crippen LogP contribution in [0, 0.1) is 6.92 Å². The molecule has 0 spiro atoms. The van der Waals surface area contributed by atoms with Gasteiger partial charge in [-0.3, -0.25) is 4.79 Å². The number of benzene rings is 1. The third kappa shape index (κ3) is 4.88. The molecular formula is C19H28N2O5. The Morgan fingerprint density at radius 2 is 1.77 bits per heavy atom. The van der Waals surface area contributed by atoms with Crippen LogP contribution in [0.15, 0.2) is 12.1 Å². The van der Waals surface area contributed by atoms with Gasteiger partial charge in [-0.15, -0.1) is 0 Å². The number of carboxylic acids is 1. The van der Waals surface area contributed by atoms with E-state index in [-0.39, 0.29) is 11.5 Å². The summed E-state index contributed by atoms with van der Waals surface area (Å²) in [5.74, 6) is -0.475. The number of anilines is 1. The van der Waals surface area contributed by atoms with Crippen LogP contribution in [0.5, 0.6) is 5.75 Å². The molecule has 1 amide bonds. The summed E-state index contributed by atoms with van der Waals surface area (Å²) in [5.41, 5.74) is 1.97. The molecule has 1 aliphatic rings. The molecule has 1 aromatic rings. The molecule has 144 valence electrons. The molecule has 1 fully saturated rings. The van der Waals surface area contributed by atoms with Crippen molar-refractivity contribution >= 4 is 17.6 Å². The monoisotopic (exact) mass is 364 g/mol. The summed E-state index contributed by atoms with van der Waals surface area (Å²) >= 11 is 0. The van der Waals surface area contributed by atoms with Crippen molar-refractivity contribution in [3.05, 3.63) is 23.3 Å². The first kappa shape index (κ1) is 20.0. The molecular weight excluding hydrogens is 336 g/mol. The lowest BCUT2D eigenvalue weighted by atomic mass is 10.1. The van der Waals surface area contributed by atoms with Crippen molar-refractivity contribution in [3.8, 4) is 5.75 Å². The normalized spacial score (nSPS) is 14.4. The molecule has 0 saturated carbocycles. The van der Waals surface area contributed by atoms with Gasteiger partial charge >= 0.3 is 5.97 Å². The number of hydrogen-bond donors (Lipinski definition) is 1. The molecule has 7 nitrogen and oxygen atoms in total. The Labute approximate surface area is 154 Å². The molecule has 0 unspecified atom stereocenters. The first-order valence-electron chi connectivity index (χ1n) is 8.94. The smallest absolute Gasteiger partial charge is 0.339 e. The second-order valence-corrected chi connectivity index (χ2v) is 6.43. The largest absolute Gasteiger partial charge is 0.492 e. The van der Waals surface area contributed by atoms with Gasteiger partial charge in [0.2, 0.25) is 5.91 Å². The van der Waals surface area contributed by atoms with E-state index in [1.807, 2.05) is 17.9 Å². The Hall–Kier alpha value is -2.28. The number of methoxy groups -OCH3 is 1. The Kier molecular flexibility index (Phi) is 7.26. The van der Waals surface area contributed by atoms with Gasteiger partial charge in [0, 0.05) is 58.1 Å². The highest BCUT2D eigenvalue weighted by molar-refractivity contribution is 5.92. The lowest BCUT2D eigenvalue weighted by Crippen LogP contribution is -2.48. The van der Waals surface area contributed by atoms with Crippen molar-refractivity contribution in [1.82, 2.24) is 4.90 Å². The fourth-order valence-electron chi connectivity index (χ4n) is 3.16. The summed E-state index contributed by atoms with van der Waals surface area (Å²) in [4.78, 5) is 27.0. The Morgan fingerprint density at radius 1 is 1.12 bits per heavy atom. The Bertz CT molecular complexity index is 639. The topological polar surface area (TPSA) is 79.3 Å². The molecule has 0 aromatic heterocycles. The van der Waals surface area contributed by atoms with Crippen LogP contribution in [0.4, 0.5) is 5.69 Å². The van der Waals surface area contributed by atoms with Crippen LogP contribution in [0.3, 0.4) is 0 Å². The average Bonchev–Trinajstić information content (AvgIpc) is 2.62. The number of carbonyl (C=O) groups is 2. The minimum absolute atomic E-state index is 0.0858. The number of carbonyl (C=O) groups excluding carboxylic acids is 1. The van der Waals surface area contributed by atoms with Crippen molar-refractivity contribution in [3.63, 3.8) is 0 Å². The highest BCUT2D eigenvalue weighted by atomic mass is 16.5. The summed E-state index contributed by atoms with van der Waals surface area (Å²) in [5, 5.41) is 9.47. The highest BCUT2D eigenvalue weighted by Crippen LogP contribution is 2.33. The van der Waals surface area contributed by atoms with Crippen LogP contribution in [0.1, 0.15) is 35.7 Å². The molecule has 7 heteroatoms. The number of hydrogen-bond acceptors (Lipinski definition) is 5. The Morgan fingerprint density at radius 3 is 2.35 bits per heavy atom. The number of aromatic carboxylic acids is 1. The molecule has 1 aliphatic heterocycles. The molecule has 1 N–H and O–H groups in total. The zero-order valence-corrected chi connectivity index (χ0v) is 15.8. The van der Waals surface area contributed by atoms with Crippen molar-refractivity contribution in [2.45, 2.75) is 26.7 Å². The number of carboxylic acid groups (broad SMARTS) is 1. The quantitative estimate of drug-likeness (QED) is 0.712. The molecule has 0 bridgehead atoms. The van der Waals surface area contributed by atoms with Crippen LogP contribution >= 0.6 is 0 Å². The van der Waals surface area contributed by atoms with Gasteiger partial charge in [-0.05, 0) is 31.9 Å². The van der Waals surface area contributed by atoms with Crippen molar-refractivity contribution in [2.75, 3.05) is 51.4 Å². The van der Waals surface area contributed by atoms with Crippen LogP contribution in [-0.2, 0) is 9.53 Å². The summed E-state index contributed by atoms with van der Waals surface area (Å²) in [7, 11) is 1.66. The number of ether oxygens (including phenoxy) is 2. The number of piperazine rings is 1. The van der Waals surface area contributed by atoms with Gasteiger partial charge < -0.3 is 24.4 Å². The third-order valence-electron chi connectivity index (χ3n) is 4.66. The minimum atomic E-state index is -0.993. The summed E-state index contributed by atoms with van der Waals surface area (Å²) in [6.45, 7) is 7.37. The van der Waals surface area contributed by atoms with Gasteiger partial charge in [0.25, 0.3) is 0 Å². The summed E-state index contributed by atoms with van der Waals surface area (Å²) in [6.07, 6.45) is 1.67. The fourth-order valence-corrected chi connectivity index (χ4v) is 3.16. The number of rotatable bonds is 8. The van der Waals surface area contributed by atoms with Crippen molar-refractivity contribution in [1.29, 1.82) is 0 Å². The maximum atomic E-state index is 11.6. The van der Waals surface area contributed by atoms with E-state index in [2.05, 4.69) is 4.90 Å². The van der Waals surface area contributed by atoms with Crippen LogP contribution < -0.4 is 9.64 Å². The molecule has 0 radical (unpaired) electrons. The molecule has 1 saturated heterocycles. The number of nitrogens with zero attached hydrogens (tertiary/aromatic N) is 2. The predicted octanol–water partition coefficient (Wildman–Crippen LogP) is 2.17. The number of amides is 1. The van der Waals surface area contributed by atoms with Crippen LogP contribution in [0.2, 0.25) is 0 Å². The lowest BCUT2D eigenvalue weighted by molar-refractivity contribution is -0.129. The van der Waals surface area contributed by atoms with E-state index in [4.69, 9.17) is 9.47 Å². The fraction of sp³-hybridized carbons (Fsp3) is 0.579. The number of unbranched alkanes of at least 4 members (excludes halogenated alkanes) is 1. The van der Waals surface area contributed by atoms with Gasteiger partial charge in [0.05, 0.1) is 6.61 Å². The summed E-state index contributed by atoms with van der Waals surface area (Å²) < 4.78 is 10.9. The van der Waals surface area contributed by atoms with Crippen molar-refractivity contribution in [2.24, 2.45) is 0 Å². The van der Waals surface area contributed by atoms with E-state index >= 15 is 0 Å². The molecule has 1 heterocycles. The Balaban J connectivity index is 2.14. The SMILES string of the molecule is COCCCCOc1c(C(=O)O)ccc(N2CCN(C(C)=O)CC2)c1C. The standard InChI is InChI=1S/C19H28N2O5/c1-14-17(21-10-8-20(9-11-21)15(2)22)7-6-16(19(23)24)18(14)26-13-5-4-12-25-3/h6-7H,4-5,8-13H2,1-3H3,(H,23,24). The van der Waals surface area contributed by atoms with Crippen LogP contribution in [-0.4, -0.2) is 68.4 Å².